The first kappa shape index (κ1) is 26.0. The van der Waals surface area contributed by atoms with Crippen LogP contribution in [-0.2, 0) is 18.0 Å². The molecule has 0 amide bonds. The van der Waals surface area contributed by atoms with Gasteiger partial charge in [-0.1, -0.05) is 48.1 Å². The highest BCUT2D eigenvalue weighted by atomic mass is 31.3. The lowest BCUT2D eigenvalue weighted by atomic mass is 10.0. The van der Waals surface area contributed by atoms with Gasteiger partial charge >= 0.3 is 15.6 Å². The molecule has 0 rings (SSSR count). The van der Waals surface area contributed by atoms with Crippen molar-refractivity contribution < 1.29 is 32.6 Å². The largest absolute Gasteiger partial charge is 0.481 e. The lowest BCUT2D eigenvalue weighted by Gasteiger charge is -2.11. The van der Waals surface area contributed by atoms with Crippen molar-refractivity contribution in [3.05, 3.63) is 60.3 Å². The van der Waals surface area contributed by atoms with Crippen molar-refractivity contribution in [3.8, 4) is 0 Å². The van der Waals surface area contributed by atoms with Crippen molar-refractivity contribution in [3.63, 3.8) is 0 Å². The van der Waals surface area contributed by atoms with E-state index in [4.69, 9.17) is 9.79 Å². The molecule has 3 N–H and O–H groups in total. The fraction of sp³-hybridized carbons (Fsp3) is 0.444. The highest BCUT2D eigenvalue weighted by Gasteiger charge is 2.31. The van der Waals surface area contributed by atoms with E-state index < -0.39 is 15.6 Å². The zero-order valence-electron chi connectivity index (χ0n) is 15.9. The molecule has 1 atom stereocenters. The van der Waals surface area contributed by atoms with Crippen molar-refractivity contribution in [2.24, 2.45) is 0 Å². The van der Waals surface area contributed by atoms with Crippen LogP contribution in [0.25, 0.3) is 0 Å². The van der Waals surface area contributed by atoms with Crippen LogP contribution in [0.5, 0.6) is 0 Å². The average molecular weight is 420 g/mol. The molecule has 0 saturated heterocycles. The number of phosphoric acid groups is 2. The van der Waals surface area contributed by atoms with Gasteiger partial charge in [-0.3, -0.25) is 4.52 Å². The summed E-state index contributed by atoms with van der Waals surface area (Å²) in [6.45, 7) is 11.3. The van der Waals surface area contributed by atoms with Gasteiger partial charge in [0.15, 0.2) is 0 Å². The second kappa shape index (κ2) is 13.2. The molecule has 0 aliphatic rings. The molecule has 0 aromatic heterocycles. The van der Waals surface area contributed by atoms with E-state index in [1.54, 1.807) is 6.08 Å². The summed E-state index contributed by atoms with van der Waals surface area (Å²) in [5, 5.41) is 0. The van der Waals surface area contributed by atoms with Crippen LogP contribution in [0.15, 0.2) is 60.3 Å². The molecule has 0 bridgehead atoms. The van der Waals surface area contributed by atoms with E-state index >= 15 is 0 Å². The van der Waals surface area contributed by atoms with Gasteiger partial charge in [0.25, 0.3) is 0 Å². The zero-order valence-corrected chi connectivity index (χ0v) is 17.7. The van der Waals surface area contributed by atoms with Gasteiger partial charge in [-0.25, -0.2) is 9.13 Å². The Balaban J connectivity index is 4.63. The topological polar surface area (TPSA) is 113 Å². The quantitative estimate of drug-likeness (QED) is 0.197. The second-order valence-corrected chi connectivity index (χ2v) is 8.86. The normalized spacial score (nSPS) is 15.1. The van der Waals surface area contributed by atoms with Gasteiger partial charge in [0.2, 0.25) is 0 Å². The molecular weight excluding hydrogens is 390 g/mol. The first-order valence-corrected chi connectivity index (χ1v) is 11.5. The van der Waals surface area contributed by atoms with Crippen molar-refractivity contribution in [1.82, 2.24) is 0 Å². The van der Waals surface area contributed by atoms with Gasteiger partial charge in [-0.05, 0) is 51.5 Å². The molecule has 7 nitrogen and oxygen atoms in total. The van der Waals surface area contributed by atoms with Crippen LogP contribution in [-0.4, -0.2) is 21.3 Å². The summed E-state index contributed by atoms with van der Waals surface area (Å²) in [4.78, 5) is 26.3. The molecule has 0 radical (unpaired) electrons. The monoisotopic (exact) mass is 420 g/mol. The maximum atomic E-state index is 11.4. The number of hydrogen-bond acceptors (Lipinski definition) is 4. The summed E-state index contributed by atoms with van der Waals surface area (Å²) in [5.74, 6) is 0. The van der Waals surface area contributed by atoms with E-state index in [2.05, 4.69) is 48.0 Å². The first-order valence-electron chi connectivity index (χ1n) is 8.47. The Kier molecular flexibility index (Phi) is 12.7. The van der Waals surface area contributed by atoms with Crippen LogP contribution >= 0.6 is 15.6 Å². The average Bonchev–Trinajstić information content (AvgIpc) is 2.50. The lowest BCUT2D eigenvalue weighted by Crippen LogP contribution is -1.95. The predicted octanol–water partition coefficient (Wildman–Crippen LogP) is 5.35. The summed E-state index contributed by atoms with van der Waals surface area (Å²) < 4.78 is 30.2. The second-order valence-electron chi connectivity index (χ2n) is 6.03. The van der Waals surface area contributed by atoms with Crippen molar-refractivity contribution in [2.45, 2.75) is 46.0 Å². The molecular formula is C18H30O7P2. The zero-order chi connectivity index (χ0) is 20.9. The molecule has 1 unspecified atom stereocenters. The van der Waals surface area contributed by atoms with Crippen LogP contribution in [0.3, 0.4) is 0 Å². The Bertz CT molecular complexity index is 667. The standard InChI is InChI=1S/C18H30O7P2/c1-5-9-18(12-7-10-16(3)4)13-8-11-17(6-2)14-15-24-27(22,23)25-26(19,20)21/h5-6,10,13-14H,1-2,7-9,11-12,15H2,3-4H3,(H,22,23)(H2,19,20,21)/b17-14+,18-13+. The van der Waals surface area contributed by atoms with Crippen LogP contribution in [0.1, 0.15) is 46.0 Å². The van der Waals surface area contributed by atoms with E-state index in [9.17, 15) is 14.0 Å². The first-order chi connectivity index (χ1) is 12.5. The lowest BCUT2D eigenvalue weighted by molar-refractivity contribution is 0.191. The fourth-order valence-corrected chi connectivity index (χ4v) is 3.67. The minimum atomic E-state index is -5.11. The Morgan fingerprint density at radius 2 is 1.63 bits per heavy atom. The van der Waals surface area contributed by atoms with Crippen LogP contribution in [0, 0.1) is 0 Å². The summed E-state index contributed by atoms with van der Waals surface area (Å²) in [7, 11) is -9.93. The third kappa shape index (κ3) is 15.7. The van der Waals surface area contributed by atoms with Gasteiger partial charge in [0, 0.05) is 0 Å². The maximum Gasteiger partial charge on any atom is 0.481 e. The molecule has 0 aromatic carbocycles. The number of rotatable bonds is 14. The highest BCUT2D eigenvalue weighted by Crippen LogP contribution is 2.57. The molecule has 27 heavy (non-hydrogen) atoms. The van der Waals surface area contributed by atoms with Crippen molar-refractivity contribution in [2.75, 3.05) is 6.61 Å². The highest BCUT2D eigenvalue weighted by molar-refractivity contribution is 7.60. The molecule has 0 aliphatic carbocycles. The Hall–Kier alpha value is -1.04. The van der Waals surface area contributed by atoms with Crippen molar-refractivity contribution in [1.29, 1.82) is 0 Å². The van der Waals surface area contributed by atoms with Gasteiger partial charge in [-0.2, -0.15) is 4.31 Å². The molecule has 0 aromatic rings. The molecule has 154 valence electrons. The maximum absolute atomic E-state index is 11.4. The third-order valence-corrected chi connectivity index (χ3v) is 5.50. The summed E-state index contributed by atoms with van der Waals surface area (Å²) >= 11 is 0. The van der Waals surface area contributed by atoms with Gasteiger partial charge in [0.1, 0.15) is 0 Å². The molecule has 0 heterocycles. The van der Waals surface area contributed by atoms with Gasteiger partial charge < -0.3 is 14.7 Å². The number of hydrogen-bond donors (Lipinski definition) is 3. The summed E-state index contributed by atoms with van der Waals surface area (Å²) in [6.07, 6.45) is 13.5. The summed E-state index contributed by atoms with van der Waals surface area (Å²) in [6, 6.07) is 0. The van der Waals surface area contributed by atoms with Crippen LogP contribution < -0.4 is 0 Å². The van der Waals surface area contributed by atoms with E-state index in [1.165, 1.54) is 17.2 Å². The van der Waals surface area contributed by atoms with Crippen LogP contribution in [0.4, 0.5) is 0 Å². The molecule has 9 heteroatoms. The van der Waals surface area contributed by atoms with E-state index in [0.29, 0.717) is 6.42 Å². The Morgan fingerprint density at radius 1 is 1.00 bits per heavy atom. The van der Waals surface area contributed by atoms with E-state index in [0.717, 1.165) is 31.3 Å². The predicted molar refractivity (Wildman–Crippen MR) is 108 cm³/mol. The number of phosphoric ester groups is 1. The smallest absolute Gasteiger partial charge is 0.302 e. The molecule has 0 saturated carbocycles. The molecule has 0 fully saturated rings. The Labute approximate surface area is 161 Å². The van der Waals surface area contributed by atoms with Crippen LogP contribution in [0.2, 0.25) is 0 Å². The summed E-state index contributed by atoms with van der Waals surface area (Å²) in [5.41, 5.74) is 3.36. The van der Waals surface area contributed by atoms with Gasteiger partial charge in [0.05, 0.1) is 6.61 Å². The fourth-order valence-electron chi connectivity index (χ4n) is 2.15. The van der Waals surface area contributed by atoms with E-state index in [-0.39, 0.29) is 6.61 Å². The third-order valence-electron chi connectivity index (χ3n) is 3.35. The molecule has 0 spiro atoms. The minimum absolute atomic E-state index is 0.334. The SMILES string of the molecule is C=CC/C(=C\CC/C(C=C)=C/COP(=O)(O)OP(=O)(O)O)CCC=C(C)C. The Morgan fingerprint density at radius 3 is 2.15 bits per heavy atom. The minimum Gasteiger partial charge on any atom is -0.302 e. The molecule has 0 aliphatic heterocycles. The van der Waals surface area contributed by atoms with Crippen molar-refractivity contribution >= 4 is 15.6 Å². The number of allylic oxidation sites excluding steroid dienone is 7. The van der Waals surface area contributed by atoms with Gasteiger partial charge in [-0.15, -0.1) is 6.58 Å². The van der Waals surface area contributed by atoms with E-state index in [1.807, 2.05) is 6.08 Å².